The summed E-state index contributed by atoms with van der Waals surface area (Å²) in [5.41, 5.74) is 5.94. The van der Waals surface area contributed by atoms with Crippen LogP contribution in [0.25, 0.3) is 0 Å². The third kappa shape index (κ3) is 2.31. The normalized spacial score (nSPS) is 19.8. The van der Waals surface area contributed by atoms with Crippen LogP contribution in [0.4, 0.5) is 14.5 Å². The molecule has 0 bridgehead atoms. The summed E-state index contributed by atoms with van der Waals surface area (Å²) in [6.45, 7) is 0.351. The van der Waals surface area contributed by atoms with Crippen molar-refractivity contribution >= 4 is 24.0 Å². The van der Waals surface area contributed by atoms with Crippen LogP contribution in [0.5, 0.6) is 0 Å². The molecule has 1 atom stereocenters. The molecule has 1 fully saturated rings. The summed E-state index contributed by atoms with van der Waals surface area (Å²) in [6.07, 6.45) is 0.249. The third-order valence-electron chi connectivity index (χ3n) is 2.37. The first-order chi connectivity index (χ1) is 7.08. The van der Waals surface area contributed by atoms with E-state index in [1.54, 1.807) is 0 Å². The number of carbonyl (C=O) groups excluding carboxylic acids is 1. The van der Waals surface area contributed by atoms with Crippen molar-refractivity contribution in [2.45, 2.75) is 12.5 Å². The molecule has 0 radical (unpaired) electrons. The number of nitrogens with zero attached hydrogens (tertiary/aromatic N) is 1. The fourth-order valence-electron chi connectivity index (χ4n) is 1.64. The van der Waals surface area contributed by atoms with Crippen molar-refractivity contribution in [3.8, 4) is 0 Å². The van der Waals surface area contributed by atoms with Crippen molar-refractivity contribution in [3.05, 3.63) is 29.8 Å². The van der Waals surface area contributed by atoms with E-state index < -0.39 is 11.6 Å². The molecule has 1 aliphatic rings. The van der Waals surface area contributed by atoms with Crippen molar-refractivity contribution in [1.82, 2.24) is 0 Å². The Morgan fingerprint density at radius 2 is 2.00 bits per heavy atom. The van der Waals surface area contributed by atoms with E-state index in [2.05, 4.69) is 0 Å². The minimum Gasteiger partial charge on any atom is -0.326 e. The van der Waals surface area contributed by atoms with Gasteiger partial charge >= 0.3 is 0 Å². The van der Waals surface area contributed by atoms with Gasteiger partial charge in [-0.05, 0) is 12.1 Å². The van der Waals surface area contributed by atoms with Gasteiger partial charge in [-0.2, -0.15) is 0 Å². The van der Waals surface area contributed by atoms with Crippen molar-refractivity contribution in [2.24, 2.45) is 5.73 Å². The van der Waals surface area contributed by atoms with Crippen LogP contribution >= 0.6 is 12.4 Å². The lowest BCUT2D eigenvalue weighted by atomic mass is 10.3. The quantitative estimate of drug-likeness (QED) is 0.818. The molecule has 1 heterocycles. The third-order valence-corrected chi connectivity index (χ3v) is 2.37. The standard InChI is InChI=1S/C10H10F2N2O.ClH/c11-8-2-1-7(4-9(8)12)14-5-6(13)3-10(14)15;/h1-2,4,6H,3,5,13H2;1H. The maximum Gasteiger partial charge on any atom is 0.228 e. The van der Waals surface area contributed by atoms with Crippen LogP contribution < -0.4 is 10.6 Å². The SMILES string of the molecule is Cl.NC1CC(=O)N(c2ccc(F)c(F)c2)C1. The Hall–Kier alpha value is -1.20. The van der Waals surface area contributed by atoms with Gasteiger partial charge in [-0.15, -0.1) is 12.4 Å². The number of carbonyl (C=O) groups is 1. The Kier molecular flexibility index (Phi) is 3.83. The minimum atomic E-state index is -0.958. The molecular weight excluding hydrogens is 238 g/mol. The lowest BCUT2D eigenvalue weighted by molar-refractivity contribution is -0.117. The summed E-state index contributed by atoms with van der Waals surface area (Å²) in [5, 5.41) is 0. The average Bonchev–Trinajstić information content (AvgIpc) is 2.50. The Labute approximate surface area is 97.6 Å². The number of halogens is 3. The second-order valence-corrected chi connectivity index (χ2v) is 3.57. The Morgan fingerprint density at radius 3 is 2.50 bits per heavy atom. The van der Waals surface area contributed by atoms with Gasteiger partial charge in [0.1, 0.15) is 0 Å². The summed E-state index contributed by atoms with van der Waals surface area (Å²) in [4.78, 5) is 12.8. The van der Waals surface area contributed by atoms with E-state index in [-0.39, 0.29) is 30.8 Å². The smallest absolute Gasteiger partial charge is 0.228 e. The van der Waals surface area contributed by atoms with Gasteiger partial charge in [-0.3, -0.25) is 4.79 Å². The van der Waals surface area contributed by atoms with Gasteiger partial charge in [-0.1, -0.05) is 0 Å². The molecule has 16 heavy (non-hydrogen) atoms. The minimum absolute atomic E-state index is 0. The number of hydrogen-bond donors (Lipinski definition) is 1. The number of nitrogens with two attached hydrogens (primary N) is 1. The maximum atomic E-state index is 12.9. The van der Waals surface area contributed by atoms with Crippen LogP contribution in [-0.2, 0) is 4.79 Å². The number of anilines is 1. The molecule has 88 valence electrons. The van der Waals surface area contributed by atoms with Crippen LogP contribution in [0.3, 0.4) is 0 Å². The van der Waals surface area contributed by atoms with Crippen LogP contribution in [0.15, 0.2) is 18.2 Å². The Bertz CT molecular complexity index is 414. The molecule has 1 saturated heterocycles. The van der Waals surface area contributed by atoms with Crippen LogP contribution in [0.2, 0.25) is 0 Å². The van der Waals surface area contributed by atoms with Crippen molar-refractivity contribution in [3.63, 3.8) is 0 Å². The van der Waals surface area contributed by atoms with Gasteiger partial charge in [0.15, 0.2) is 11.6 Å². The zero-order valence-electron chi connectivity index (χ0n) is 8.32. The zero-order valence-corrected chi connectivity index (χ0v) is 9.14. The van der Waals surface area contributed by atoms with E-state index >= 15 is 0 Å². The average molecular weight is 249 g/mol. The van der Waals surface area contributed by atoms with Gasteiger partial charge in [0.05, 0.1) is 0 Å². The number of amides is 1. The van der Waals surface area contributed by atoms with E-state index in [9.17, 15) is 13.6 Å². The fourth-order valence-corrected chi connectivity index (χ4v) is 1.64. The van der Waals surface area contributed by atoms with Crippen LogP contribution in [0.1, 0.15) is 6.42 Å². The molecule has 1 aliphatic heterocycles. The molecule has 1 aromatic carbocycles. The molecule has 2 N–H and O–H groups in total. The highest BCUT2D eigenvalue weighted by Crippen LogP contribution is 2.22. The summed E-state index contributed by atoms with van der Waals surface area (Å²) in [5.74, 6) is -2.04. The summed E-state index contributed by atoms with van der Waals surface area (Å²) < 4.78 is 25.6. The first-order valence-corrected chi connectivity index (χ1v) is 4.59. The molecule has 6 heteroatoms. The van der Waals surface area contributed by atoms with Crippen molar-refractivity contribution in [2.75, 3.05) is 11.4 Å². The predicted molar refractivity (Wildman–Crippen MR) is 58.6 cm³/mol. The number of rotatable bonds is 1. The van der Waals surface area contributed by atoms with E-state index in [0.717, 1.165) is 12.1 Å². The van der Waals surface area contributed by atoms with E-state index in [0.29, 0.717) is 12.2 Å². The number of hydrogen-bond acceptors (Lipinski definition) is 2. The van der Waals surface area contributed by atoms with Gasteiger partial charge in [0.25, 0.3) is 0 Å². The monoisotopic (exact) mass is 248 g/mol. The Morgan fingerprint density at radius 1 is 1.31 bits per heavy atom. The summed E-state index contributed by atoms with van der Waals surface area (Å²) in [6, 6.07) is 3.15. The summed E-state index contributed by atoms with van der Waals surface area (Å²) >= 11 is 0. The lowest BCUT2D eigenvalue weighted by Gasteiger charge is -2.15. The summed E-state index contributed by atoms with van der Waals surface area (Å²) in [7, 11) is 0. The highest BCUT2D eigenvalue weighted by atomic mass is 35.5. The molecule has 0 aromatic heterocycles. The molecule has 1 amide bonds. The molecule has 3 nitrogen and oxygen atoms in total. The predicted octanol–water partition coefficient (Wildman–Crippen LogP) is 1.45. The van der Waals surface area contributed by atoms with Crippen LogP contribution in [0, 0.1) is 11.6 Å². The maximum absolute atomic E-state index is 12.9. The van der Waals surface area contributed by atoms with Crippen molar-refractivity contribution < 1.29 is 13.6 Å². The van der Waals surface area contributed by atoms with E-state index in [4.69, 9.17) is 5.73 Å². The topological polar surface area (TPSA) is 46.3 Å². The first-order valence-electron chi connectivity index (χ1n) is 4.59. The molecule has 1 unspecified atom stereocenters. The van der Waals surface area contributed by atoms with E-state index in [1.165, 1.54) is 11.0 Å². The molecule has 2 rings (SSSR count). The second-order valence-electron chi connectivity index (χ2n) is 3.57. The highest BCUT2D eigenvalue weighted by Gasteiger charge is 2.28. The van der Waals surface area contributed by atoms with Gasteiger partial charge in [-0.25, -0.2) is 8.78 Å². The zero-order chi connectivity index (χ0) is 11.0. The Balaban J connectivity index is 0.00000128. The van der Waals surface area contributed by atoms with Gasteiger partial charge in [0.2, 0.25) is 5.91 Å². The van der Waals surface area contributed by atoms with Crippen molar-refractivity contribution in [1.29, 1.82) is 0 Å². The molecule has 0 saturated carbocycles. The lowest BCUT2D eigenvalue weighted by Crippen LogP contribution is -2.28. The molecule has 1 aromatic rings. The second kappa shape index (κ2) is 4.76. The van der Waals surface area contributed by atoms with Crippen LogP contribution in [-0.4, -0.2) is 18.5 Å². The molecule has 0 aliphatic carbocycles. The van der Waals surface area contributed by atoms with E-state index in [1.807, 2.05) is 0 Å². The fraction of sp³-hybridized carbons (Fsp3) is 0.300. The molecular formula is C10H11ClF2N2O. The first kappa shape index (κ1) is 12.9. The largest absolute Gasteiger partial charge is 0.326 e. The number of benzene rings is 1. The van der Waals surface area contributed by atoms with Gasteiger partial charge < -0.3 is 10.6 Å². The van der Waals surface area contributed by atoms with Gasteiger partial charge in [0, 0.05) is 30.8 Å². The highest BCUT2D eigenvalue weighted by molar-refractivity contribution is 5.96. The molecule has 0 spiro atoms.